The Morgan fingerprint density at radius 1 is 0.803 bits per heavy atom. The molecule has 9 aliphatic heterocycles. The maximum Gasteiger partial charge on any atom is 0.311 e. The Bertz CT molecular complexity index is 1830. The number of hydrogen-bond acceptors (Lipinski definition) is 14. The van der Waals surface area contributed by atoms with Crippen molar-refractivity contribution >= 4 is 11.8 Å². The third kappa shape index (κ3) is 8.01. The highest BCUT2D eigenvalue weighted by Crippen LogP contribution is 2.55. The standard InChI is InChI=1S/C47H68O14/c1-26-10-11-32-34(22-37(54-32)47(52)39(49)28(3)14-20-53-47)55-41(51)29(4)31-9-8-15-45(56-31)17-12-33(57-45)40(50)44(7)24-30(48)38(60-44)35-25-43(6)18-19-46(58-35,61-43)36-13-16-42(5,59-36)23-27(2)21-26/h10-11,21,27,29,31-38,40,49-50,52H,8-9,12-20,22-25H2,1-7H3/b11-10+,26-21+/t27-,29+,31-,32+,33-,34+,35+,36+,37-,38-,40-,42+,43-,44+,45+,46-,47+/m0/s1. The molecule has 0 aromatic carbocycles. The Kier molecular flexibility index (Phi) is 11.3. The number of esters is 1. The molecule has 9 rings (SSSR count). The molecule has 61 heavy (non-hydrogen) atoms. The molecular weight excluding hydrogens is 789 g/mol. The van der Waals surface area contributed by atoms with E-state index in [1.165, 1.54) is 0 Å². The molecular formula is C47H68O14. The van der Waals surface area contributed by atoms with Gasteiger partial charge in [0, 0.05) is 38.5 Å². The summed E-state index contributed by atoms with van der Waals surface area (Å²) in [4.78, 5) is 28.0. The zero-order valence-corrected chi connectivity index (χ0v) is 37.0. The van der Waals surface area contributed by atoms with E-state index in [0.29, 0.717) is 50.5 Å². The number of allylic oxidation sites excluding steroid dienone is 3. The summed E-state index contributed by atoms with van der Waals surface area (Å²) in [5, 5.41) is 34.6. The smallest absolute Gasteiger partial charge is 0.311 e. The lowest BCUT2D eigenvalue weighted by molar-refractivity contribution is -0.359. The van der Waals surface area contributed by atoms with Gasteiger partial charge >= 0.3 is 5.97 Å². The number of aliphatic hydroxyl groups excluding tert-OH is 2. The summed E-state index contributed by atoms with van der Waals surface area (Å²) in [7, 11) is 0. The molecule has 0 amide bonds. The summed E-state index contributed by atoms with van der Waals surface area (Å²) >= 11 is 0. The Morgan fingerprint density at radius 2 is 1.59 bits per heavy atom. The normalized spacial score (nSPS) is 53.3. The van der Waals surface area contributed by atoms with Gasteiger partial charge in [-0.05, 0) is 104 Å². The molecule has 0 aliphatic carbocycles. The van der Waals surface area contributed by atoms with Crippen LogP contribution in [0.25, 0.3) is 0 Å². The number of rotatable bonds is 1. The van der Waals surface area contributed by atoms with Crippen molar-refractivity contribution in [3.8, 4) is 0 Å². The van der Waals surface area contributed by atoms with Gasteiger partial charge in [0.05, 0.1) is 42.0 Å². The second-order valence-corrected chi connectivity index (χ2v) is 20.9. The number of ether oxygens (including phenoxy) is 9. The van der Waals surface area contributed by atoms with Gasteiger partial charge in [-0.3, -0.25) is 9.59 Å². The third-order valence-electron chi connectivity index (χ3n) is 15.6. The van der Waals surface area contributed by atoms with E-state index in [0.717, 1.165) is 37.7 Å². The van der Waals surface area contributed by atoms with Crippen molar-refractivity contribution in [2.24, 2.45) is 11.8 Å². The Morgan fingerprint density at radius 3 is 2.39 bits per heavy atom. The maximum absolute atomic E-state index is 14.0. The van der Waals surface area contributed by atoms with Crippen LogP contribution in [0.1, 0.15) is 138 Å². The number of Topliss-reactive ketones (excluding diaryl/α,β-unsaturated/α-hetero) is 1. The molecule has 3 N–H and O–H groups in total. The summed E-state index contributed by atoms with van der Waals surface area (Å²) in [5.74, 6) is -5.49. The van der Waals surface area contributed by atoms with E-state index in [1.54, 1.807) is 20.8 Å². The van der Waals surface area contributed by atoms with Crippen LogP contribution in [-0.2, 0) is 52.2 Å². The van der Waals surface area contributed by atoms with E-state index in [1.807, 2.05) is 19.1 Å². The fourth-order valence-corrected chi connectivity index (χ4v) is 12.2. The number of carbonyl (C=O) groups is 2. The lowest BCUT2D eigenvalue weighted by Crippen LogP contribution is -2.57. The Hall–Kier alpha value is -2.24. The van der Waals surface area contributed by atoms with Crippen molar-refractivity contribution in [1.82, 2.24) is 0 Å². The van der Waals surface area contributed by atoms with Crippen molar-refractivity contribution in [2.75, 3.05) is 6.61 Å². The van der Waals surface area contributed by atoms with Crippen LogP contribution >= 0.6 is 0 Å². The average Bonchev–Trinajstić information content (AvgIpc) is 4.02. The summed E-state index contributed by atoms with van der Waals surface area (Å²) in [6, 6.07) is 0. The zero-order chi connectivity index (χ0) is 43.3. The highest BCUT2D eigenvalue weighted by molar-refractivity contribution is 5.86. The lowest BCUT2D eigenvalue weighted by atomic mass is 9.88. The summed E-state index contributed by atoms with van der Waals surface area (Å²) in [5.41, 5.74) is -0.574. The molecule has 7 saturated heterocycles. The summed E-state index contributed by atoms with van der Waals surface area (Å²) in [6.45, 7) is 13.9. The van der Waals surface area contributed by atoms with Gasteiger partial charge < -0.3 is 58.0 Å². The van der Waals surface area contributed by atoms with E-state index < -0.39 is 94.9 Å². The number of carbonyl (C=O) groups excluding carboxylic acids is 2. The van der Waals surface area contributed by atoms with E-state index in [-0.39, 0.29) is 43.0 Å². The molecule has 9 heterocycles. The number of fused-ring (bicyclic) bond motifs is 10. The average molecular weight is 857 g/mol. The van der Waals surface area contributed by atoms with E-state index in [2.05, 4.69) is 26.8 Å². The van der Waals surface area contributed by atoms with Gasteiger partial charge in [-0.25, -0.2) is 0 Å². The second-order valence-electron chi connectivity index (χ2n) is 20.9. The van der Waals surface area contributed by atoms with Gasteiger partial charge in [-0.1, -0.05) is 30.7 Å². The highest BCUT2D eigenvalue weighted by atomic mass is 16.8. The molecule has 0 aromatic heterocycles. The van der Waals surface area contributed by atoms with Crippen LogP contribution < -0.4 is 0 Å². The zero-order valence-electron chi connectivity index (χ0n) is 37.0. The first kappa shape index (κ1) is 44.0. The van der Waals surface area contributed by atoms with Crippen LogP contribution in [0.5, 0.6) is 0 Å². The van der Waals surface area contributed by atoms with Crippen LogP contribution in [0.4, 0.5) is 0 Å². The quantitative estimate of drug-likeness (QED) is 0.258. The first-order valence-corrected chi connectivity index (χ1v) is 23.0. The number of aliphatic hydroxyl groups is 3. The van der Waals surface area contributed by atoms with Gasteiger partial charge in [0.15, 0.2) is 23.1 Å². The van der Waals surface area contributed by atoms with Crippen LogP contribution in [-0.4, -0.2) is 123 Å². The van der Waals surface area contributed by atoms with Gasteiger partial charge in [0.1, 0.15) is 42.2 Å². The molecule has 2 spiro atoms. The van der Waals surface area contributed by atoms with Gasteiger partial charge in [0.2, 0.25) is 0 Å². The van der Waals surface area contributed by atoms with E-state index in [9.17, 15) is 24.9 Å². The molecule has 9 aliphatic rings. The molecule has 0 unspecified atom stereocenters. The van der Waals surface area contributed by atoms with Crippen molar-refractivity contribution in [1.29, 1.82) is 0 Å². The summed E-state index contributed by atoms with van der Waals surface area (Å²) < 4.78 is 58.9. The largest absolute Gasteiger partial charge is 0.507 e. The van der Waals surface area contributed by atoms with Crippen molar-refractivity contribution in [2.45, 2.75) is 227 Å². The lowest BCUT2D eigenvalue weighted by Gasteiger charge is -2.47. The molecule has 10 bridgehead atoms. The first-order valence-electron chi connectivity index (χ1n) is 23.0. The Balaban J connectivity index is 1.01. The predicted molar refractivity (Wildman–Crippen MR) is 218 cm³/mol. The molecule has 14 nitrogen and oxygen atoms in total. The molecule has 0 radical (unpaired) electrons. The Labute approximate surface area is 359 Å². The van der Waals surface area contributed by atoms with Crippen LogP contribution in [0.2, 0.25) is 0 Å². The SMILES string of the molecule is CC1=C(O)[C@@](O)([C@@H]2C[C@H]3OC(=O)[C@H](C)[C@@H]4CCC[C@@]5(CC[C@H](O5)[C@H](O)[C@@]5(C)CC(=O)[C@H](O5)[C@H]5C[C@]6(C)CC[C@](O5)(O6)[C@H]5CC[C@](C)(C[C@@H](C)/C=C(C)/C=C/[C@H]3O2)O5)O4)OCC1. The first-order chi connectivity index (χ1) is 28.7. The molecule has 0 saturated carbocycles. The predicted octanol–water partition coefficient (Wildman–Crippen LogP) is 6.09. The number of hydrogen-bond donors (Lipinski definition) is 3. The molecule has 340 valence electrons. The highest BCUT2D eigenvalue weighted by Gasteiger charge is 2.65. The minimum atomic E-state index is -2.07. The van der Waals surface area contributed by atoms with Gasteiger partial charge in [-0.2, -0.15) is 0 Å². The van der Waals surface area contributed by atoms with Crippen molar-refractivity contribution < 1.29 is 67.5 Å². The van der Waals surface area contributed by atoms with Crippen molar-refractivity contribution in [3.05, 3.63) is 35.1 Å². The topological polar surface area (TPSA) is 178 Å². The van der Waals surface area contributed by atoms with Crippen LogP contribution in [0.15, 0.2) is 35.1 Å². The molecule has 0 aromatic rings. The van der Waals surface area contributed by atoms with Gasteiger partial charge in [0.25, 0.3) is 5.79 Å². The second kappa shape index (κ2) is 15.7. The minimum Gasteiger partial charge on any atom is -0.507 e. The number of ketones is 1. The third-order valence-corrected chi connectivity index (χ3v) is 15.6. The fourth-order valence-electron chi connectivity index (χ4n) is 12.2. The van der Waals surface area contributed by atoms with E-state index >= 15 is 0 Å². The van der Waals surface area contributed by atoms with Crippen LogP contribution in [0.3, 0.4) is 0 Å². The molecule has 17 atom stereocenters. The fraction of sp³-hybridized carbons (Fsp3) is 0.830. The van der Waals surface area contributed by atoms with Crippen molar-refractivity contribution in [3.63, 3.8) is 0 Å². The maximum atomic E-state index is 14.0. The molecule has 14 heteroatoms. The van der Waals surface area contributed by atoms with Crippen LogP contribution in [0, 0.1) is 11.8 Å². The molecule has 7 fully saturated rings. The monoisotopic (exact) mass is 856 g/mol. The van der Waals surface area contributed by atoms with E-state index in [4.69, 9.17) is 42.6 Å². The summed E-state index contributed by atoms with van der Waals surface area (Å²) in [6.07, 6.45) is 7.17. The minimum absolute atomic E-state index is 0.0198. The van der Waals surface area contributed by atoms with Gasteiger partial charge in [-0.15, -0.1) is 0 Å².